The quantitative estimate of drug-likeness (QED) is 0.135. The molecule has 6 aromatic carbocycles. The monoisotopic (exact) mass is 934 g/mol. The Hall–Kier alpha value is -9.98. The number of hydrogen-bond acceptors (Lipinski definition) is 7. The van der Waals surface area contributed by atoms with Gasteiger partial charge in [-0.2, -0.15) is 0 Å². The number of para-hydroxylation sites is 1. The van der Waals surface area contributed by atoms with Crippen molar-refractivity contribution in [3.63, 3.8) is 0 Å². The Balaban J connectivity index is 1.01. The zero-order valence-electron chi connectivity index (χ0n) is 39.3. The van der Waals surface area contributed by atoms with E-state index in [0.717, 1.165) is 128 Å². The normalized spacial score (nSPS) is 11.3. The molecule has 0 saturated heterocycles. The van der Waals surface area contributed by atoms with Crippen molar-refractivity contribution in [1.29, 1.82) is 0 Å². The molecule has 13 rings (SSSR count). The maximum atomic E-state index is 6.63. The van der Waals surface area contributed by atoms with Crippen molar-refractivity contribution in [2.45, 2.75) is 0 Å². The van der Waals surface area contributed by atoms with Gasteiger partial charge in [-0.25, -0.2) is 4.98 Å². The molecular weight excluding hydrogens is 893 g/mol. The molecule has 0 bridgehead atoms. The van der Waals surface area contributed by atoms with Crippen LogP contribution in [0.15, 0.2) is 260 Å². The lowest BCUT2D eigenvalue weighted by atomic mass is 9.85. The maximum absolute atomic E-state index is 6.63. The molecule has 0 amide bonds. The summed E-state index contributed by atoms with van der Waals surface area (Å²) in [4.78, 5) is 28.6. The van der Waals surface area contributed by atoms with Crippen molar-refractivity contribution >= 4 is 22.1 Å². The Morgan fingerprint density at radius 3 is 1.19 bits per heavy atom. The van der Waals surface area contributed by atoms with E-state index in [4.69, 9.17) is 19.4 Å². The van der Waals surface area contributed by atoms with Crippen LogP contribution in [-0.2, 0) is 0 Å². The fourth-order valence-corrected chi connectivity index (χ4v) is 10.00. The van der Waals surface area contributed by atoms with Crippen molar-refractivity contribution in [3.05, 3.63) is 256 Å². The van der Waals surface area contributed by atoms with Crippen LogP contribution < -0.4 is 0 Å². The lowest BCUT2D eigenvalue weighted by Gasteiger charge is -2.19. The van der Waals surface area contributed by atoms with Crippen LogP contribution in [0.5, 0.6) is 0 Å². The van der Waals surface area contributed by atoms with Crippen LogP contribution in [-0.4, -0.2) is 29.9 Å². The molecule has 7 nitrogen and oxygen atoms in total. The number of pyridine rings is 6. The molecule has 0 aliphatic heterocycles. The summed E-state index contributed by atoms with van der Waals surface area (Å²) in [5.74, 6) is 0. The summed E-state index contributed by atoms with van der Waals surface area (Å²) >= 11 is 0. The van der Waals surface area contributed by atoms with E-state index < -0.39 is 0 Å². The first kappa shape index (κ1) is 43.1. The molecule has 13 aromatic rings. The molecular formula is C66H42N6O. The topological polar surface area (TPSA) is 90.5 Å². The van der Waals surface area contributed by atoms with Gasteiger partial charge in [-0.3, -0.25) is 24.9 Å². The van der Waals surface area contributed by atoms with Gasteiger partial charge in [0.25, 0.3) is 0 Å². The molecule has 0 aliphatic carbocycles. The van der Waals surface area contributed by atoms with E-state index in [1.807, 2.05) is 85.6 Å². The second-order valence-corrected chi connectivity index (χ2v) is 17.8. The molecule has 0 radical (unpaired) electrons. The van der Waals surface area contributed by atoms with Gasteiger partial charge >= 0.3 is 0 Å². The summed E-state index contributed by atoms with van der Waals surface area (Å²) in [5, 5.41) is 1.99. The van der Waals surface area contributed by atoms with Crippen LogP contribution in [0, 0.1) is 0 Å². The summed E-state index contributed by atoms with van der Waals surface area (Å²) in [6, 6.07) is 76.0. The molecule has 7 aromatic heterocycles. The van der Waals surface area contributed by atoms with E-state index in [0.29, 0.717) is 5.71 Å². The van der Waals surface area contributed by atoms with Gasteiger partial charge in [-0.1, -0.05) is 121 Å². The number of rotatable bonds is 10. The largest absolute Gasteiger partial charge is 0.437 e. The minimum atomic E-state index is 0.608. The lowest BCUT2D eigenvalue weighted by molar-refractivity contribution is 0.655. The molecule has 0 N–H and O–H groups in total. The molecule has 7 heteroatoms. The van der Waals surface area contributed by atoms with Crippen LogP contribution in [0.2, 0.25) is 0 Å². The van der Waals surface area contributed by atoms with Crippen LogP contribution in [0.4, 0.5) is 0 Å². The van der Waals surface area contributed by atoms with Gasteiger partial charge in [0, 0.05) is 81.3 Å². The van der Waals surface area contributed by atoms with Crippen molar-refractivity contribution < 1.29 is 4.42 Å². The van der Waals surface area contributed by atoms with E-state index in [1.54, 1.807) is 6.20 Å². The maximum Gasteiger partial charge on any atom is 0.227 e. The van der Waals surface area contributed by atoms with Crippen molar-refractivity contribution in [2.75, 3.05) is 0 Å². The molecule has 0 unspecified atom stereocenters. The third-order valence-corrected chi connectivity index (χ3v) is 13.5. The van der Waals surface area contributed by atoms with Crippen LogP contribution in [0.25, 0.3) is 134 Å². The minimum Gasteiger partial charge on any atom is -0.437 e. The molecule has 0 saturated carbocycles. The fourth-order valence-electron chi connectivity index (χ4n) is 10.00. The van der Waals surface area contributed by atoms with E-state index in [1.165, 1.54) is 0 Å². The number of furan rings is 1. The SMILES string of the molecule is c1ccc(-c2ccc(-c3ccccc3-c3cc(-c4ccccc4-c4ccc(-c5ccccn5)cn4)cc(-c4ccccc4-c4ccc(-c5ccccn5)cc4-c4cccc5c4oc4ncccc45)c3)nc2)nc1. The van der Waals surface area contributed by atoms with Crippen LogP contribution >= 0.6 is 0 Å². The molecule has 0 aliphatic rings. The third kappa shape index (κ3) is 8.20. The van der Waals surface area contributed by atoms with Gasteiger partial charge in [0.2, 0.25) is 5.71 Å². The zero-order chi connectivity index (χ0) is 48.5. The average Bonchev–Trinajstić information content (AvgIpc) is 3.87. The summed E-state index contributed by atoms with van der Waals surface area (Å²) in [5.41, 5.74) is 21.2. The highest BCUT2D eigenvalue weighted by atomic mass is 16.3. The van der Waals surface area contributed by atoms with Gasteiger partial charge in [0.15, 0.2) is 0 Å². The number of benzene rings is 6. The van der Waals surface area contributed by atoms with Crippen LogP contribution in [0.3, 0.4) is 0 Å². The Morgan fingerprint density at radius 2 is 0.671 bits per heavy atom. The summed E-state index contributed by atoms with van der Waals surface area (Å²) in [6.07, 6.45) is 11.1. The number of fused-ring (bicyclic) bond motifs is 3. The lowest BCUT2D eigenvalue weighted by Crippen LogP contribution is -1.94. The molecule has 342 valence electrons. The summed E-state index contributed by atoms with van der Waals surface area (Å²) < 4.78 is 6.63. The standard InChI is InChI=1S/C66H42N6O/c1-4-18-52(53-30-27-43(60-24-7-10-33-67-60)40-59(53)57-22-13-21-56-58-23-14-36-70-66(58)73-65(56)57)49(15-1)46-37-47(50-16-2-5-19-54(50)63-31-28-44(41-71-63)61-25-8-11-34-68-61)39-48(38-46)51-17-3-6-20-55(51)64-32-29-45(42-72-64)62-26-9-12-35-69-62/h1-42H. The minimum absolute atomic E-state index is 0.608. The van der Waals surface area contributed by atoms with Gasteiger partial charge in [0.1, 0.15) is 5.58 Å². The first-order valence-electron chi connectivity index (χ1n) is 24.2. The van der Waals surface area contributed by atoms with Gasteiger partial charge in [0.05, 0.1) is 28.5 Å². The first-order valence-corrected chi connectivity index (χ1v) is 24.2. The predicted octanol–water partition coefficient (Wildman–Crippen LogP) is 16.6. The van der Waals surface area contributed by atoms with Crippen LogP contribution in [0.1, 0.15) is 0 Å². The smallest absolute Gasteiger partial charge is 0.227 e. The Labute approximate surface area is 421 Å². The molecule has 73 heavy (non-hydrogen) atoms. The average molecular weight is 935 g/mol. The Morgan fingerprint density at radius 1 is 0.233 bits per heavy atom. The molecule has 0 spiro atoms. The molecule has 0 fully saturated rings. The third-order valence-electron chi connectivity index (χ3n) is 13.5. The predicted molar refractivity (Wildman–Crippen MR) is 295 cm³/mol. The van der Waals surface area contributed by atoms with Gasteiger partial charge < -0.3 is 4.42 Å². The number of nitrogens with zero attached hydrogens (tertiary/aromatic N) is 6. The zero-order valence-corrected chi connectivity index (χ0v) is 39.3. The second kappa shape index (κ2) is 18.7. The first-order chi connectivity index (χ1) is 36.2. The highest BCUT2D eigenvalue weighted by Crippen LogP contribution is 2.46. The van der Waals surface area contributed by atoms with Crippen molar-refractivity contribution in [1.82, 2.24) is 29.9 Å². The Kier molecular flexibility index (Phi) is 11.1. The van der Waals surface area contributed by atoms with E-state index in [2.05, 4.69) is 179 Å². The second-order valence-electron chi connectivity index (χ2n) is 17.8. The number of aromatic nitrogens is 6. The summed E-state index contributed by atoms with van der Waals surface area (Å²) in [6.45, 7) is 0. The van der Waals surface area contributed by atoms with Crippen molar-refractivity contribution in [3.8, 4) is 112 Å². The van der Waals surface area contributed by atoms with Gasteiger partial charge in [-0.15, -0.1) is 0 Å². The highest BCUT2D eigenvalue weighted by Gasteiger charge is 2.21. The van der Waals surface area contributed by atoms with Crippen molar-refractivity contribution in [2.24, 2.45) is 0 Å². The summed E-state index contributed by atoms with van der Waals surface area (Å²) in [7, 11) is 0. The number of hydrogen-bond donors (Lipinski definition) is 0. The van der Waals surface area contributed by atoms with E-state index in [-0.39, 0.29) is 0 Å². The highest BCUT2D eigenvalue weighted by molar-refractivity contribution is 6.10. The Bertz CT molecular complexity index is 3980. The fraction of sp³-hybridized carbons (Fsp3) is 0. The van der Waals surface area contributed by atoms with E-state index >= 15 is 0 Å². The molecule has 7 heterocycles. The molecule has 0 atom stereocenters. The van der Waals surface area contributed by atoms with E-state index in [9.17, 15) is 0 Å². The van der Waals surface area contributed by atoms with Gasteiger partial charge in [-0.05, 0) is 147 Å².